The first-order chi connectivity index (χ1) is 11.0. The molecule has 0 fully saturated rings. The van der Waals surface area contributed by atoms with Gasteiger partial charge in [-0.3, -0.25) is 4.90 Å². The molecule has 0 saturated heterocycles. The second-order valence-electron chi connectivity index (χ2n) is 7.22. The molecule has 134 valence electrons. The Morgan fingerprint density at radius 2 is 1.75 bits per heavy atom. The highest BCUT2D eigenvalue weighted by Gasteiger charge is 2.33. The summed E-state index contributed by atoms with van der Waals surface area (Å²) in [7, 11) is 0. The van der Waals surface area contributed by atoms with Crippen molar-refractivity contribution in [2.45, 2.75) is 59.2 Å². The van der Waals surface area contributed by atoms with E-state index in [-0.39, 0.29) is 12.5 Å². The Hall–Kier alpha value is -1.31. The number of carbonyl (C=O) groups excluding carboxylic acids is 1. The number of hydrogen-bond donors (Lipinski definition) is 1. The lowest BCUT2D eigenvalue weighted by Crippen LogP contribution is -2.47. The maximum Gasteiger partial charge on any atom is 0.411 e. The van der Waals surface area contributed by atoms with Gasteiger partial charge in [0.1, 0.15) is 11.6 Å². The molecule has 0 aromatic heterocycles. The molecule has 1 rings (SSSR count). The van der Waals surface area contributed by atoms with E-state index in [0.29, 0.717) is 6.42 Å². The molecule has 1 aromatic carbocycles. The highest BCUT2D eigenvalue weighted by atomic mass is 127. The minimum Gasteiger partial charge on any atom is -0.480 e. The molecule has 1 atom stereocenters. The van der Waals surface area contributed by atoms with E-state index >= 15 is 0 Å². The maximum absolute atomic E-state index is 12.6. The molecule has 5 nitrogen and oxygen atoms in total. The van der Waals surface area contributed by atoms with Gasteiger partial charge in [0, 0.05) is 10.1 Å². The van der Waals surface area contributed by atoms with Crippen molar-refractivity contribution in [3.8, 4) is 0 Å². The zero-order chi connectivity index (χ0) is 18.5. The van der Waals surface area contributed by atoms with Gasteiger partial charge in [0.15, 0.2) is 0 Å². The normalized spacial score (nSPS) is 12.8. The standard InChI is InChI=1S/C18H26INO4/c1-12(2)10-15(16(21)22)20(17(23)24-18(3,4)5)11-13-6-8-14(19)9-7-13/h6-9,12,15H,10-11H2,1-5H3,(H,21,22)/t15-/m1/s1. The molecule has 24 heavy (non-hydrogen) atoms. The number of aliphatic carboxylic acids is 1. The summed E-state index contributed by atoms with van der Waals surface area (Å²) in [4.78, 5) is 25.7. The molecule has 0 aliphatic rings. The average Bonchev–Trinajstić information content (AvgIpc) is 2.42. The van der Waals surface area contributed by atoms with Crippen LogP contribution in [0.3, 0.4) is 0 Å². The molecule has 1 aromatic rings. The van der Waals surface area contributed by atoms with Crippen LogP contribution in [0, 0.1) is 9.49 Å². The van der Waals surface area contributed by atoms with E-state index in [4.69, 9.17) is 4.74 Å². The highest BCUT2D eigenvalue weighted by Crippen LogP contribution is 2.20. The minimum absolute atomic E-state index is 0.146. The van der Waals surface area contributed by atoms with Crippen molar-refractivity contribution in [3.05, 3.63) is 33.4 Å². The number of nitrogens with zero attached hydrogens (tertiary/aromatic N) is 1. The highest BCUT2D eigenvalue weighted by molar-refractivity contribution is 14.1. The molecule has 1 N–H and O–H groups in total. The first kappa shape index (κ1) is 20.7. The van der Waals surface area contributed by atoms with Gasteiger partial charge in [0.05, 0.1) is 0 Å². The first-order valence-electron chi connectivity index (χ1n) is 7.96. The van der Waals surface area contributed by atoms with Crippen molar-refractivity contribution in [1.82, 2.24) is 4.90 Å². The molecule has 1 amide bonds. The van der Waals surface area contributed by atoms with Gasteiger partial charge in [-0.15, -0.1) is 0 Å². The van der Waals surface area contributed by atoms with Crippen LogP contribution >= 0.6 is 22.6 Å². The Balaban J connectivity index is 3.10. The number of halogens is 1. The number of amides is 1. The van der Waals surface area contributed by atoms with E-state index in [1.165, 1.54) is 4.90 Å². The monoisotopic (exact) mass is 447 g/mol. The molecular weight excluding hydrogens is 421 g/mol. The predicted octanol–water partition coefficient (Wildman–Crippen LogP) is 4.53. The smallest absolute Gasteiger partial charge is 0.411 e. The predicted molar refractivity (Wildman–Crippen MR) is 102 cm³/mol. The van der Waals surface area contributed by atoms with Crippen LogP contribution in [0.2, 0.25) is 0 Å². The van der Waals surface area contributed by atoms with Gasteiger partial charge in [-0.1, -0.05) is 26.0 Å². The Kier molecular flexibility index (Phi) is 7.51. The maximum atomic E-state index is 12.6. The van der Waals surface area contributed by atoms with Gasteiger partial charge >= 0.3 is 12.1 Å². The third-order valence-electron chi connectivity index (χ3n) is 3.25. The van der Waals surface area contributed by atoms with Gasteiger partial charge in [-0.2, -0.15) is 0 Å². The molecule has 0 spiro atoms. The number of carbonyl (C=O) groups is 2. The fraction of sp³-hybridized carbons (Fsp3) is 0.556. The van der Waals surface area contributed by atoms with Crippen molar-refractivity contribution in [1.29, 1.82) is 0 Å². The van der Waals surface area contributed by atoms with E-state index in [2.05, 4.69) is 22.6 Å². The number of carboxylic acids is 1. The zero-order valence-electron chi connectivity index (χ0n) is 14.9. The van der Waals surface area contributed by atoms with Crippen LogP contribution in [-0.2, 0) is 16.1 Å². The van der Waals surface area contributed by atoms with Gasteiger partial charge in [-0.05, 0) is 73.4 Å². The van der Waals surface area contributed by atoms with Crippen molar-refractivity contribution in [2.75, 3.05) is 0 Å². The van der Waals surface area contributed by atoms with Gasteiger partial charge in [0.2, 0.25) is 0 Å². The average molecular weight is 447 g/mol. The summed E-state index contributed by atoms with van der Waals surface area (Å²) in [6.45, 7) is 9.39. The summed E-state index contributed by atoms with van der Waals surface area (Å²) in [6.07, 6.45) is -0.229. The van der Waals surface area contributed by atoms with Crippen LogP contribution in [0.5, 0.6) is 0 Å². The minimum atomic E-state index is -1.01. The summed E-state index contributed by atoms with van der Waals surface area (Å²) >= 11 is 2.20. The van der Waals surface area contributed by atoms with Crippen LogP contribution in [0.15, 0.2) is 24.3 Å². The number of carboxylic acid groups (broad SMARTS) is 1. The van der Waals surface area contributed by atoms with Crippen molar-refractivity contribution >= 4 is 34.7 Å². The van der Waals surface area contributed by atoms with Crippen molar-refractivity contribution in [2.24, 2.45) is 5.92 Å². The van der Waals surface area contributed by atoms with Gasteiger partial charge in [0.25, 0.3) is 0 Å². The van der Waals surface area contributed by atoms with Crippen LogP contribution in [0.25, 0.3) is 0 Å². The van der Waals surface area contributed by atoms with Crippen molar-refractivity contribution in [3.63, 3.8) is 0 Å². The molecule has 0 heterocycles. The number of hydrogen-bond acceptors (Lipinski definition) is 3. The van der Waals surface area contributed by atoms with Crippen LogP contribution in [-0.4, -0.2) is 33.7 Å². The van der Waals surface area contributed by atoms with Crippen LogP contribution in [0.4, 0.5) is 4.79 Å². The lowest BCUT2D eigenvalue weighted by molar-refractivity contribution is -0.144. The van der Waals surface area contributed by atoms with E-state index in [1.807, 2.05) is 38.1 Å². The lowest BCUT2D eigenvalue weighted by atomic mass is 10.0. The summed E-state index contributed by atoms with van der Waals surface area (Å²) in [6, 6.07) is 6.74. The molecule has 0 aliphatic carbocycles. The molecule has 0 radical (unpaired) electrons. The van der Waals surface area contributed by atoms with E-state index in [0.717, 1.165) is 9.13 Å². The quantitative estimate of drug-likeness (QED) is 0.651. The molecule has 0 unspecified atom stereocenters. The van der Waals surface area contributed by atoms with Gasteiger partial charge < -0.3 is 9.84 Å². The second-order valence-corrected chi connectivity index (χ2v) is 8.46. The van der Waals surface area contributed by atoms with E-state index < -0.39 is 23.7 Å². The second kappa shape index (κ2) is 8.69. The van der Waals surface area contributed by atoms with Crippen LogP contribution in [0.1, 0.15) is 46.6 Å². The Morgan fingerprint density at radius 1 is 1.21 bits per heavy atom. The van der Waals surface area contributed by atoms with E-state index in [1.54, 1.807) is 20.8 Å². The largest absolute Gasteiger partial charge is 0.480 e. The molecule has 0 bridgehead atoms. The number of rotatable bonds is 6. The fourth-order valence-electron chi connectivity index (χ4n) is 2.22. The summed E-state index contributed by atoms with van der Waals surface area (Å²) < 4.78 is 6.51. The Labute approximate surface area is 157 Å². The lowest BCUT2D eigenvalue weighted by Gasteiger charge is -2.32. The third kappa shape index (κ3) is 7.07. The van der Waals surface area contributed by atoms with Gasteiger partial charge in [-0.25, -0.2) is 9.59 Å². The number of ether oxygens (including phenoxy) is 1. The molecule has 0 aliphatic heterocycles. The Bertz CT molecular complexity index is 563. The van der Waals surface area contributed by atoms with Crippen LogP contribution < -0.4 is 0 Å². The topological polar surface area (TPSA) is 66.8 Å². The van der Waals surface area contributed by atoms with E-state index in [9.17, 15) is 14.7 Å². The molecule has 0 saturated carbocycles. The summed E-state index contributed by atoms with van der Waals surface area (Å²) in [5.74, 6) is -0.868. The summed E-state index contributed by atoms with van der Waals surface area (Å²) in [5.41, 5.74) is 0.193. The third-order valence-corrected chi connectivity index (χ3v) is 3.97. The number of benzene rings is 1. The van der Waals surface area contributed by atoms with Crippen molar-refractivity contribution < 1.29 is 19.4 Å². The first-order valence-corrected chi connectivity index (χ1v) is 9.04. The SMILES string of the molecule is CC(C)C[C@H](C(=O)O)N(Cc1ccc(I)cc1)C(=O)OC(C)(C)C. The molecule has 6 heteroatoms. The summed E-state index contributed by atoms with van der Waals surface area (Å²) in [5, 5.41) is 9.61. The zero-order valence-corrected chi connectivity index (χ0v) is 17.0. The Morgan fingerprint density at radius 3 is 2.17 bits per heavy atom. The fourth-order valence-corrected chi connectivity index (χ4v) is 2.58. The molecular formula is C18H26INO4.